The predicted octanol–water partition coefficient (Wildman–Crippen LogP) is 5.16. The van der Waals surface area contributed by atoms with Crippen LogP contribution in [0.5, 0.6) is 11.5 Å². The molecule has 1 aromatic heterocycles. The maximum atomic E-state index is 10.3. The summed E-state index contributed by atoms with van der Waals surface area (Å²) in [6.07, 6.45) is -0.792. The second-order valence-electron chi connectivity index (χ2n) is 9.00. The Kier molecular flexibility index (Phi) is 10.2. The molecule has 0 bridgehead atoms. The fourth-order valence-electron chi connectivity index (χ4n) is 3.47. The number of halogens is 3. The number of nitrogens with zero attached hydrogens (tertiary/aromatic N) is 3. The molecule has 2 atom stereocenters. The molecule has 0 aliphatic carbocycles. The Morgan fingerprint density at radius 1 is 1.11 bits per heavy atom. The van der Waals surface area contributed by atoms with Crippen LogP contribution >= 0.6 is 50.1 Å². The number of benzene rings is 2. The first-order valence-corrected chi connectivity index (χ1v) is 13.6. The van der Waals surface area contributed by atoms with Crippen LogP contribution in [0.1, 0.15) is 37.6 Å². The number of rotatable bonds is 12. The zero-order valence-corrected chi connectivity index (χ0v) is 24.4. The third kappa shape index (κ3) is 7.31. The molecule has 0 amide bonds. The van der Waals surface area contributed by atoms with Crippen LogP contribution in [0.3, 0.4) is 0 Å². The van der Waals surface area contributed by atoms with E-state index in [1.54, 1.807) is 0 Å². The molecular formula is C25H30BrClIN3O4. The zero-order valence-electron chi connectivity index (χ0n) is 19.9. The molecule has 190 valence electrons. The molecule has 0 fully saturated rings. The van der Waals surface area contributed by atoms with E-state index in [1.807, 2.05) is 52.9 Å². The molecule has 0 saturated heterocycles. The zero-order chi connectivity index (χ0) is 25.6. The maximum absolute atomic E-state index is 10.3. The predicted molar refractivity (Wildman–Crippen MR) is 148 cm³/mol. The van der Waals surface area contributed by atoms with Crippen LogP contribution < -0.4 is 9.47 Å². The molecule has 7 nitrogen and oxygen atoms in total. The lowest BCUT2D eigenvalue weighted by atomic mass is 9.78. The Morgan fingerprint density at radius 3 is 2.43 bits per heavy atom. The van der Waals surface area contributed by atoms with Crippen molar-refractivity contribution in [3.63, 3.8) is 0 Å². The number of aromatic nitrogens is 3. The topological polar surface area (TPSA) is 89.6 Å². The van der Waals surface area contributed by atoms with Gasteiger partial charge < -0.3 is 19.7 Å². The van der Waals surface area contributed by atoms with Gasteiger partial charge in [0.1, 0.15) is 27.9 Å². The number of hydrogen-bond donors (Lipinski definition) is 2. The van der Waals surface area contributed by atoms with Crippen molar-refractivity contribution in [3.8, 4) is 11.5 Å². The molecule has 2 N–H and O–H groups in total. The van der Waals surface area contributed by atoms with Gasteiger partial charge in [-0.3, -0.25) is 0 Å². The Labute approximate surface area is 233 Å². The smallest absolute Gasteiger partial charge is 0.149 e. The molecule has 0 aliphatic heterocycles. The van der Waals surface area contributed by atoms with Gasteiger partial charge in [-0.25, -0.2) is 4.68 Å². The minimum atomic E-state index is -0.792. The van der Waals surface area contributed by atoms with Crippen LogP contribution in [0, 0.1) is 9.62 Å². The van der Waals surface area contributed by atoms with Crippen molar-refractivity contribution >= 4 is 50.1 Å². The lowest BCUT2D eigenvalue weighted by Gasteiger charge is -2.27. The van der Waals surface area contributed by atoms with E-state index in [0.717, 1.165) is 21.3 Å². The molecule has 3 rings (SSSR count). The maximum Gasteiger partial charge on any atom is 0.149 e. The summed E-state index contributed by atoms with van der Waals surface area (Å²) < 4.78 is 14.7. The van der Waals surface area contributed by atoms with E-state index in [9.17, 15) is 10.2 Å². The number of ether oxygens (including phenoxy) is 2. The van der Waals surface area contributed by atoms with Crippen molar-refractivity contribution in [2.24, 2.45) is 5.92 Å². The van der Waals surface area contributed by atoms with Crippen LogP contribution in [0.25, 0.3) is 0 Å². The van der Waals surface area contributed by atoms with Crippen molar-refractivity contribution in [2.45, 2.75) is 45.4 Å². The summed E-state index contributed by atoms with van der Waals surface area (Å²) in [4.78, 5) is 0. The van der Waals surface area contributed by atoms with Gasteiger partial charge in [0.2, 0.25) is 0 Å². The third-order valence-electron chi connectivity index (χ3n) is 5.78. The number of aliphatic hydroxyl groups is 2. The molecule has 2 aromatic carbocycles. The minimum absolute atomic E-state index is 0.0980. The second-order valence-corrected chi connectivity index (χ2v) is 11.2. The summed E-state index contributed by atoms with van der Waals surface area (Å²) in [5.74, 6) is 2.31. The summed E-state index contributed by atoms with van der Waals surface area (Å²) in [5, 5.41) is 27.6. The van der Waals surface area contributed by atoms with E-state index >= 15 is 0 Å². The van der Waals surface area contributed by atoms with E-state index in [2.05, 4.69) is 59.1 Å². The van der Waals surface area contributed by atoms with Crippen LogP contribution in [0.15, 0.2) is 46.9 Å². The molecule has 10 heteroatoms. The van der Waals surface area contributed by atoms with Gasteiger partial charge in [0.25, 0.3) is 0 Å². The first-order valence-electron chi connectivity index (χ1n) is 11.2. The van der Waals surface area contributed by atoms with Gasteiger partial charge in [0, 0.05) is 17.2 Å². The molecule has 0 aliphatic rings. The normalized spacial score (nSPS) is 13.5. The summed E-state index contributed by atoms with van der Waals surface area (Å²) in [6, 6.07) is 14.0. The highest BCUT2D eigenvalue weighted by Crippen LogP contribution is 2.36. The van der Waals surface area contributed by atoms with Gasteiger partial charge in [-0.15, -0.1) is 16.7 Å². The van der Waals surface area contributed by atoms with E-state index in [4.69, 9.17) is 21.1 Å². The van der Waals surface area contributed by atoms with Crippen LogP contribution in [0.4, 0.5) is 0 Å². The standard InChI is InChI=1S/C25H30BrClIN3O4/c1-16(11-27)14-35-23-9-6-18(10-21(23)26)25(2,3)17-4-7-20(8-5-17)34-15-19(33)12-31-22(13-32)24(28)29-30-31/h4-10,16,19,32-33H,11-15H2,1-3H3. The van der Waals surface area contributed by atoms with Crippen molar-refractivity contribution in [1.82, 2.24) is 15.0 Å². The minimum Gasteiger partial charge on any atom is -0.492 e. The van der Waals surface area contributed by atoms with Crippen molar-refractivity contribution < 1.29 is 19.7 Å². The summed E-state index contributed by atoms with van der Waals surface area (Å²) >= 11 is 11.5. The molecule has 2 unspecified atom stereocenters. The molecule has 3 aromatic rings. The number of hydrogen-bond acceptors (Lipinski definition) is 6. The first kappa shape index (κ1) is 28.2. The Morgan fingerprint density at radius 2 is 1.80 bits per heavy atom. The van der Waals surface area contributed by atoms with Crippen molar-refractivity contribution in [1.29, 1.82) is 0 Å². The fraction of sp³-hybridized carbons (Fsp3) is 0.440. The number of alkyl halides is 1. The lowest BCUT2D eigenvalue weighted by Crippen LogP contribution is -2.25. The highest BCUT2D eigenvalue weighted by atomic mass is 127. The van der Waals surface area contributed by atoms with Gasteiger partial charge in [-0.1, -0.05) is 44.2 Å². The average molecular weight is 679 g/mol. The summed E-state index contributed by atoms with van der Waals surface area (Å²) in [7, 11) is 0. The van der Waals surface area contributed by atoms with Gasteiger partial charge >= 0.3 is 0 Å². The van der Waals surface area contributed by atoms with Crippen LogP contribution in [-0.2, 0) is 18.6 Å². The van der Waals surface area contributed by atoms with E-state index < -0.39 is 6.10 Å². The molecular weight excluding hydrogens is 649 g/mol. The van der Waals surface area contributed by atoms with Crippen molar-refractivity contribution in [2.75, 3.05) is 19.1 Å². The monoisotopic (exact) mass is 677 g/mol. The van der Waals surface area contributed by atoms with Gasteiger partial charge in [-0.2, -0.15) is 0 Å². The lowest BCUT2D eigenvalue weighted by molar-refractivity contribution is 0.0866. The third-order valence-corrected chi connectivity index (χ3v) is 7.77. The Hall–Kier alpha value is -1.40. The average Bonchev–Trinajstić information content (AvgIpc) is 3.20. The molecule has 1 heterocycles. The molecule has 0 radical (unpaired) electrons. The van der Waals surface area contributed by atoms with E-state index in [-0.39, 0.29) is 31.1 Å². The molecule has 0 saturated carbocycles. The summed E-state index contributed by atoms with van der Waals surface area (Å²) in [5.41, 5.74) is 2.61. The summed E-state index contributed by atoms with van der Waals surface area (Å²) in [6.45, 7) is 7.07. The second kappa shape index (κ2) is 12.7. The van der Waals surface area contributed by atoms with Gasteiger partial charge in [0.15, 0.2) is 0 Å². The van der Waals surface area contributed by atoms with Crippen LogP contribution in [-0.4, -0.2) is 50.4 Å². The molecule has 0 spiro atoms. The SMILES string of the molecule is CC(CCl)COc1ccc(C(C)(C)c2ccc(OCC(O)Cn3nnc(I)c3CO)cc2)cc1Br. The highest BCUT2D eigenvalue weighted by Gasteiger charge is 2.24. The number of aliphatic hydroxyl groups excluding tert-OH is 2. The van der Waals surface area contributed by atoms with Crippen molar-refractivity contribution in [3.05, 3.63) is 67.5 Å². The Balaban J connectivity index is 1.61. The first-order chi connectivity index (χ1) is 16.6. The van der Waals surface area contributed by atoms with Crippen LogP contribution in [0.2, 0.25) is 0 Å². The Bertz CT molecular complexity index is 1110. The largest absolute Gasteiger partial charge is 0.492 e. The van der Waals surface area contributed by atoms with Gasteiger partial charge in [0.05, 0.1) is 29.9 Å². The quantitative estimate of drug-likeness (QED) is 0.204. The van der Waals surface area contributed by atoms with E-state index in [1.165, 1.54) is 4.68 Å². The highest BCUT2D eigenvalue weighted by molar-refractivity contribution is 14.1. The molecule has 35 heavy (non-hydrogen) atoms. The van der Waals surface area contributed by atoms with Gasteiger partial charge in [-0.05, 0) is 73.9 Å². The fourth-order valence-corrected chi connectivity index (χ4v) is 4.60. The van der Waals surface area contributed by atoms with E-state index in [0.29, 0.717) is 27.6 Å².